The van der Waals surface area contributed by atoms with E-state index in [0.29, 0.717) is 22.1 Å². The molecule has 2 aromatic heterocycles. The number of nitrogens with zero attached hydrogens (tertiary/aromatic N) is 2. The van der Waals surface area contributed by atoms with Gasteiger partial charge in [0.2, 0.25) is 0 Å². The fourth-order valence-corrected chi connectivity index (χ4v) is 2.38. The number of amides is 1. The second-order valence-electron chi connectivity index (χ2n) is 5.13. The molecule has 110 valence electrons. The fraction of sp³-hybridized carbons (Fsp3) is 0.118. The number of hydrogen-bond acceptors (Lipinski definition) is 3. The van der Waals surface area contributed by atoms with Crippen LogP contribution in [0.5, 0.6) is 0 Å². The van der Waals surface area contributed by atoms with Crippen LogP contribution in [-0.2, 0) is 0 Å². The van der Waals surface area contributed by atoms with E-state index in [1.54, 1.807) is 30.5 Å². The van der Waals surface area contributed by atoms with Crippen LogP contribution in [0.2, 0.25) is 5.02 Å². The molecule has 0 radical (unpaired) electrons. The third-order valence-corrected chi connectivity index (χ3v) is 3.60. The summed E-state index contributed by atoms with van der Waals surface area (Å²) in [6.45, 7) is 3.76. The molecule has 1 amide bonds. The van der Waals surface area contributed by atoms with Crippen molar-refractivity contribution < 1.29 is 4.79 Å². The molecule has 3 aromatic rings. The lowest BCUT2D eigenvalue weighted by Gasteiger charge is -2.08. The van der Waals surface area contributed by atoms with Gasteiger partial charge in [-0.3, -0.25) is 9.78 Å². The molecule has 0 bridgehead atoms. The summed E-state index contributed by atoms with van der Waals surface area (Å²) < 4.78 is 0. The zero-order valence-electron chi connectivity index (χ0n) is 12.2. The van der Waals surface area contributed by atoms with Crippen molar-refractivity contribution in [1.82, 2.24) is 9.97 Å². The molecule has 0 spiro atoms. The van der Waals surface area contributed by atoms with Gasteiger partial charge >= 0.3 is 0 Å². The number of aromatic nitrogens is 2. The molecular formula is C17H14ClN3O. The first-order chi connectivity index (χ1) is 10.5. The van der Waals surface area contributed by atoms with Gasteiger partial charge < -0.3 is 5.32 Å². The molecule has 1 N–H and O–H groups in total. The summed E-state index contributed by atoms with van der Waals surface area (Å²) in [4.78, 5) is 21.1. The molecule has 0 saturated carbocycles. The van der Waals surface area contributed by atoms with Gasteiger partial charge in [0.15, 0.2) is 0 Å². The molecule has 0 atom stereocenters. The zero-order valence-corrected chi connectivity index (χ0v) is 13.0. The Balaban J connectivity index is 1.96. The molecule has 1 aromatic carbocycles. The molecule has 22 heavy (non-hydrogen) atoms. The first-order valence-corrected chi connectivity index (χ1v) is 7.21. The van der Waals surface area contributed by atoms with Gasteiger partial charge in [0, 0.05) is 16.6 Å². The second kappa shape index (κ2) is 5.73. The number of anilines is 1. The molecule has 0 unspecified atom stereocenters. The Labute approximate surface area is 133 Å². The van der Waals surface area contributed by atoms with Crippen LogP contribution in [0.1, 0.15) is 21.6 Å². The summed E-state index contributed by atoms with van der Waals surface area (Å²) in [5, 5.41) is 4.23. The van der Waals surface area contributed by atoms with Crippen molar-refractivity contribution in [3.05, 3.63) is 64.4 Å². The number of pyridine rings is 2. The Morgan fingerprint density at radius 3 is 2.68 bits per heavy atom. The maximum absolute atomic E-state index is 12.4. The van der Waals surface area contributed by atoms with Crippen molar-refractivity contribution in [2.45, 2.75) is 13.8 Å². The molecule has 0 saturated heterocycles. The molecule has 5 heteroatoms. The lowest BCUT2D eigenvalue weighted by molar-refractivity contribution is 0.102. The highest BCUT2D eigenvalue weighted by Gasteiger charge is 2.12. The van der Waals surface area contributed by atoms with E-state index < -0.39 is 0 Å². The topological polar surface area (TPSA) is 54.9 Å². The minimum Gasteiger partial charge on any atom is -0.307 e. The minimum absolute atomic E-state index is 0.233. The van der Waals surface area contributed by atoms with E-state index in [4.69, 9.17) is 11.6 Å². The lowest BCUT2D eigenvalue weighted by atomic mass is 10.1. The largest absolute Gasteiger partial charge is 0.307 e. The Kier molecular flexibility index (Phi) is 3.77. The highest BCUT2D eigenvalue weighted by molar-refractivity contribution is 6.31. The summed E-state index contributed by atoms with van der Waals surface area (Å²) in [7, 11) is 0. The summed E-state index contributed by atoms with van der Waals surface area (Å²) in [6.07, 6.45) is 1.71. The average molecular weight is 312 g/mol. The van der Waals surface area contributed by atoms with Gasteiger partial charge in [0.1, 0.15) is 5.82 Å². The summed E-state index contributed by atoms with van der Waals surface area (Å²) in [6, 6.07) is 10.9. The summed E-state index contributed by atoms with van der Waals surface area (Å²) in [5.74, 6) is 0.282. The second-order valence-corrected chi connectivity index (χ2v) is 5.57. The normalized spacial score (nSPS) is 10.7. The van der Waals surface area contributed by atoms with Crippen molar-refractivity contribution in [3.63, 3.8) is 0 Å². The van der Waals surface area contributed by atoms with Gasteiger partial charge in [0.05, 0.1) is 16.8 Å². The van der Waals surface area contributed by atoms with Crippen LogP contribution < -0.4 is 5.32 Å². The molecular weight excluding hydrogens is 298 g/mol. The van der Waals surface area contributed by atoms with E-state index in [1.165, 1.54) is 0 Å². The molecule has 0 aliphatic rings. The van der Waals surface area contributed by atoms with Crippen LogP contribution in [0.3, 0.4) is 0 Å². The Morgan fingerprint density at radius 1 is 1.14 bits per heavy atom. The average Bonchev–Trinajstić information content (AvgIpc) is 2.49. The monoisotopic (exact) mass is 311 g/mol. The van der Waals surface area contributed by atoms with Crippen LogP contribution in [0.15, 0.2) is 42.6 Å². The minimum atomic E-state index is -0.233. The number of nitrogens with one attached hydrogen (secondary N) is 1. The fourth-order valence-electron chi connectivity index (χ4n) is 2.20. The molecule has 4 nitrogen and oxygen atoms in total. The van der Waals surface area contributed by atoms with Gasteiger partial charge in [-0.1, -0.05) is 17.7 Å². The zero-order chi connectivity index (χ0) is 15.7. The van der Waals surface area contributed by atoms with Crippen molar-refractivity contribution in [1.29, 1.82) is 0 Å². The molecule has 0 aliphatic carbocycles. The first-order valence-electron chi connectivity index (χ1n) is 6.84. The highest BCUT2D eigenvalue weighted by atomic mass is 35.5. The summed E-state index contributed by atoms with van der Waals surface area (Å²) >= 11 is 6.00. The van der Waals surface area contributed by atoms with Gasteiger partial charge in [0.25, 0.3) is 5.91 Å². The number of aryl methyl sites for hydroxylation is 2. The van der Waals surface area contributed by atoms with Crippen LogP contribution in [0.25, 0.3) is 10.9 Å². The number of carbonyl (C=O) groups is 1. The number of fused-ring (bicyclic) bond motifs is 1. The molecule has 0 fully saturated rings. The smallest absolute Gasteiger partial charge is 0.258 e. The molecule has 2 heterocycles. The number of carbonyl (C=O) groups excluding carboxylic acids is 1. The van der Waals surface area contributed by atoms with Crippen molar-refractivity contribution in [2.75, 3.05) is 5.32 Å². The SMILES string of the molecule is Cc1ccc(NC(=O)c2cc3cc(Cl)ccc3nc2C)nc1. The van der Waals surface area contributed by atoms with Crippen molar-refractivity contribution >= 4 is 34.2 Å². The van der Waals surface area contributed by atoms with Crippen LogP contribution in [0.4, 0.5) is 5.82 Å². The van der Waals surface area contributed by atoms with E-state index in [2.05, 4.69) is 15.3 Å². The van der Waals surface area contributed by atoms with E-state index in [1.807, 2.05) is 26.0 Å². The Hall–Kier alpha value is -2.46. The summed E-state index contributed by atoms with van der Waals surface area (Å²) in [5.41, 5.74) is 3.03. The standard InChI is InChI=1S/C17H14ClN3O/c1-10-3-6-16(19-9-10)21-17(22)14-8-12-7-13(18)4-5-15(12)20-11(14)2/h3-9H,1-2H3,(H,19,21,22). The van der Waals surface area contributed by atoms with E-state index in [9.17, 15) is 4.79 Å². The number of benzene rings is 1. The van der Waals surface area contributed by atoms with Gasteiger partial charge in [-0.2, -0.15) is 0 Å². The van der Waals surface area contributed by atoms with Crippen LogP contribution >= 0.6 is 11.6 Å². The number of halogens is 1. The van der Waals surface area contributed by atoms with Crippen LogP contribution in [0, 0.1) is 13.8 Å². The quantitative estimate of drug-likeness (QED) is 0.773. The molecule has 0 aliphatic heterocycles. The number of rotatable bonds is 2. The van der Waals surface area contributed by atoms with Gasteiger partial charge in [-0.15, -0.1) is 0 Å². The Morgan fingerprint density at radius 2 is 1.95 bits per heavy atom. The lowest BCUT2D eigenvalue weighted by Crippen LogP contribution is -2.15. The highest BCUT2D eigenvalue weighted by Crippen LogP contribution is 2.21. The number of hydrogen-bond donors (Lipinski definition) is 1. The van der Waals surface area contributed by atoms with Crippen LogP contribution in [-0.4, -0.2) is 15.9 Å². The maximum Gasteiger partial charge on any atom is 0.258 e. The van der Waals surface area contributed by atoms with Gasteiger partial charge in [-0.05, 0) is 49.7 Å². The Bertz CT molecular complexity index is 860. The van der Waals surface area contributed by atoms with E-state index in [0.717, 1.165) is 16.5 Å². The maximum atomic E-state index is 12.4. The predicted molar refractivity (Wildman–Crippen MR) is 88.4 cm³/mol. The predicted octanol–water partition coefficient (Wildman–Crippen LogP) is 4.15. The van der Waals surface area contributed by atoms with Crippen molar-refractivity contribution in [3.8, 4) is 0 Å². The van der Waals surface area contributed by atoms with Gasteiger partial charge in [-0.25, -0.2) is 4.98 Å². The third kappa shape index (κ3) is 2.92. The molecule has 3 rings (SSSR count). The first kappa shape index (κ1) is 14.5. The van der Waals surface area contributed by atoms with E-state index in [-0.39, 0.29) is 5.91 Å². The van der Waals surface area contributed by atoms with E-state index >= 15 is 0 Å². The third-order valence-electron chi connectivity index (χ3n) is 3.36. The van der Waals surface area contributed by atoms with Crippen molar-refractivity contribution in [2.24, 2.45) is 0 Å².